The molecule has 1 aromatic rings. The summed E-state index contributed by atoms with van der Waals surface area (Å²) in [6, 6.07) is 1.84. The molecule has 5 heteroatoms. The van der Waals surface area contributed by atoms with Crippen molar-refractivity contribution >= 4 is 11.6 Å². The van der Waals surface area contributed by atoms with Crippen LogP contribution < -0.4 is 10.6 Å². The summed E-state index contributed by atoms with van der Waals surface area (Å²) < 4.78 is 27.3. The molecule has 0 aliphatic carbocycles. The monoisotopic (exact) mass is 270 g/mol. The van der Waals surface area contributed by atoms with Gasteiger partial charge in [0.05, 0.1) is 0 Å². The highest BCUT2D eigenvalue weighted by atomic mass is 19.1. The Morgan fingerprint density at radius 2 is 1.89 bits per heavy atom. The maximum atomic E-state index is 13.8. The van der Waals surface area contributed by atoms with Crippen molar-refractivity contribution in [3.63, 3.8) is 0 Å². The Kier molecular flexibility index (Phi) is 5.27. The fourth-order valence-corrected chi connectivity index (χ4v) is 1.53. The lowest BCUT2D eigenvalue weighted by Crippen LogP contribution is -2.39. The molecule has 0 fully saturated rings. The first-order valence-corrected chi connectivity index (χ1v) is 6.31. The number of hydrogen-bond acceptors (Lipinski definition) is 2. The topological polar surface area (TPSA) is 41.1 Å². The second-order valence-electron chi connectivity index (χ2n) is 5.06. The van der Waals surface area contributed by atoms with E-state index in [0.29, 0.717) is 18.0 Å². The van der Waals surface area contributed by atoms with Crippen molar-refractivity contribution in [3.05, 3.63) is 29.3 Å². The second-order valence-corrected chi connectivity index (χ2v) is 5.06. The van der Waals surface area contributed by atoms with E-state index in [-0.39, 0.29) is 11.6 Å². The minimum absolute atomic E-state index is 0.257. The number of aryl methyl sites for hydroxylation is 1. The van der Waals surface area contributed by atoms with Crippen LogP contribution in [0.5, 0.6) is 0 Å². The minimum atomic E-state index is -0.704. The second kappa shape index (κ2) is 6.50. The fourth-order valence-electron chi connectivity index (χ4n) is 1.53. The minimum Gasteiger partial charge on any atom is -0.369 e. The number of carbonyl (C=O) groups is 1. The highest BCUT2D eigenvalue weighted by Crippen LogP contribution is 2.22. The number of carbonyl (C=O) groups excluding carboxylic acids is 1. The van der Waals surface area contributed by atoms with Crippen LogP contribution in [0, 0.1) is 24.5 Å². The van der Waals surface area contributed by atoms with Crippen molar-refractivity contribution in [3.8, 4) is 0 Å². The summed E-state index contributed by atoms with van der Waals surface area (Å²) in [6.45, 7) is 7.58. The number of anilines is 1. The average Bonchev–Trinajstić information content (AvgIpc) is 2.36. The number of amides is 1. The van der Waals surface area contributed by atoms with Gasteiger partial charge in [0.15, 0.2) is 5.82 Å². The third kappa shape index (κ3) is 4.19. The first-order valence-electron chi connectivity index (χ1n) is 6.31. The van der Waals surface area contributed by atoms with Gasteiger partial charge in [-0.3, -0.25) is 4.79 Å². The lowest BCUT2D eigenvalue weighted by molar-refractivity contribution is -0.121. The van der Waals surface area contributed by atoms with E-state index in [0.717, 1.165) is 0 Å². The summed E-state index contributed by atoms with van der Waals surface area (Å²) in [5, 5.41) is 5.29. The SMILES string of the molecule is Cc1ccc(F)c(NC(C)C(=O)NCC(C)C)c1F. The number of benzene rings is 1. The number of rotatable bonds is 5. The average molecular weight is 270 g/mol. The molecule has 1 unspecified atom stereocenters. The van der Waals surface area contributed by atoms with Crippen LogP contribution in [-0.2, 0) is 4.79 Å². The molecule has 0 aliphatic rings. The lowest BCUT2D eigenvalue weighted by atomic mass is 10.1. The summed E-state index contributed by atoms with van der Waals surface area (Å²) in [5.74, 6) is -1.33. The smallest absolute Gasteiger partial charge is 0.242 e. The van der Waals surface area contributed by atoms with E-state index in [1.165, 1.54) is 12.1 Å². The molecule has 1 amide bonds. The molecule has 0 heterocycles. The van der Waals surface area contributed by atoms with E-state index in [2.05, 4.69) is 10.6 Å². The third-order valence-electron chi connectivity index (χ3n) is 2.72. The molecular weight excluding hydrogens is 250 g/mol. The summed E-state index contributed by atoms with van der Waals surface area (Å²) in [5.41, 5.74) is 0.0749. The van der Waals surface area contributed by atoms with Gasteiger partial charge >= 0.3 is 0 Å². The van der Waals surface area contributed by atoms with Crippen LogP contribution in [0.25, 0.3) is 0 Å². The van der Waals surface area contributed by atoms with Gasteiger partial charge in [-0.15, -0.1) is 0 Å². The summed E-state index contributed by atoms with van der Waals surface area (Å²) in [7, 11) is 0. The number of hydrogen-bond donors (Lipinski definition) is 2. The molecule has 0 aliphatic heterocycles. The summed E-state index contributed by atoms with van der Waals surface area (Å²) in [4.78, 5) is 11.7. The van der Waals surface area contributed by atoms with Crippen molar-refractivity contribution in [1.82, 2.24) is 5.32 Å². The first-order chi connectivity index (χ1) is 8.82. The van der Waals surface area contributed by atoms with Gasteiger partial charge in [0.25, 0.3) is 0 Å². The molecular formula is C14H20F2N2O. The fraction of sp³-hybridized carbons (Fsp3) is 0.500. The zero-order valence-electron chi connectivity index (χ0n) is 11.7. The summed E-state index contributed by atoms with van der Waals surface area (Å²) in [6.07, 6.45) is 0. The zero-order valence-corrected chi connectivity index (χ0v) is 11.7. The predicted molar refractivity (Wildman–Crippen MR) is 72.0 cm³/mol. The molecule has 19 heavy (non-hydrogen) atoms. The Morgan fingerprint density at radius 1 is 1.26 bits per heavy atom. The van der Waals surface area contributed by atoms with Crippen molar-refractivity contribution < 1.29 is 13.6 Å². The van der Waals surface area contributed by atoms with Gasteiger partial charge in [0, 0.05) is 6.54 Å². The van der Waals surface area contributed by atoms with Crippen molar-refractivity contribution in [2.45, 2.75) is 33.7 Å². The van der Waals surface area contributed by atoms with Gasteiger partial charge < -0.3 is 10.6 Å². The third-order valence-corrected chi connectivity index (χ3v) is 2.72. The Balaban J connectivity index is 2.74. The van der Waals surface area contributed by atoms with Crippen LogP contribution in [0.4, 0.5) is 14.5 Å². The molecule has 0 radical (unpaired) electrons. The highest BCUT2D eigenvalue weighted by molar-refractivity contribution is 5.84. The summed E-state index contributed by atoms with van der Waals surface area (Å²) >= 11 is 0. The molecule has 0 bridgehead atoms. The van der Waals surface area contributed by atoms with Crippen LogP contribution in [0.2, 0.25) is 0 Å². The first kappa shape index (κ1) is 15.4. The molecule has 3 nitrogen and oxygen atoms in total. The van der Waals surface area contributed by atoms with E-state index in [1.54, 1.807) is 13.8 Å². The van der Waals surface area contributed by atoms with Gasteiger partial charge in [-0.05, 0) is 31.4 Å². The Bertz CT molecular complexity index is 461. The van der Waals surface area contributed by atoms with Gasteiger partial charge in [0.2, 0.25) is 5.91 Å². The number of halogens is 2. The van der Waals surface area contributed by atoms with Gasteiger partial charge in [-0.2, -0.15) is 0 Å². The maximum absolute atomic E-state index is 13.8. The molecule has 1 atom stereocenters. The van der Waals surface area contributed by atoms with Crippen LogP contribution >= 0.6 is 0 Å². The molecule has 0 saturated carbocycles. The van der Waals surface area contributed by atoms with Gasteiger partial charge in [-0.1, -0.05) is 19.9 Å². The molecule has 1 rings (SSSR count). The van der Waals surface area contributed by atoms with E-state index in [4.69, 9.17) is 0 Å². The maximum Gasteiger partial charge on any atom is 0.242 e. The standard InChI is InChI=1S/C14H20F2N2O/c1-8(2)7-17-14(19)10(4)18-13-11(15)6-5-9(3)12(13)16/h5-6,8,10,18H,7H2,1-4H3,(H,17,19). The van der Waals surface area contributed by atoms with Crippen molar-refractivity contribution in [2.24, 2.45) is 5.92 Å². The molecule has 106 valence electrons. The van der Waals surface area contributed by atoms with Crippen molar-refractivity contribution in [2.75, 3.05) is 11.9 Å². The van der Waals surface area contributed by atoms with E-state index in [9.17, 15) is 13.6 Å². The quantitative estimate of drug-likeness (QED) is 0.863. The molecule has 1 aromatic carbocycles. The lowest BCUT2D eigenvalue weighted by Gasteiger charge is -2.17. The molecule has 0 aromatic heterocycles. The molecule has 2 N–H and O–H groups in total. The van der Waals surface area contributed by atoms with Crippen LogP contribution in [0.3, 0.4) is 0 Å². The van der Waals surface area contributed by atoms with E-state index in [1.807, 2.05) is 13.8 Å². The molecule has 0 saturated heterocycles. The van der Waals surface area contributed by atoms with Crippen LogP contribution in [0.15, 0.2) is 12.1 Å². The molecule has 0 spiro atoms. The Labute approximate surface area is 112 Å². The van der Waals surface area contributed by atoms with Gasteiger partial charge in [-0.25, -0.2) is 8.78 Å². The number of nitrogens with one attached hydrogen (secondary N) is 2. The Morgan fingerprint density at radius 3 is 2.47 bits per heavy atom. The van der Waals surface area contributed by atoms with Crippen LogP contribution in [-0.4, -0.2) is 18.5 Å². The van der Waals surface area contributed by atoms with E-state index >= 15 is 0 Å². The van der Waals surface area contributed by atoms with Crippen LogP contribution in [0.1, 0.15) is 26.3 Å². The van der Waals surface area contributed by atoms with Crippen molar-refractivity contribution in [1.29, 1.82) is 0 Å². The normalized spacial score (nSPS) is 12.4. The predicted octanol–water partition coefficient (Wildman–Crippen LogP) is 2.85. The Hall–Kier alpha value is -1.65. The van der Waals surface area contributed by atoms with E-state index < -0.39 is 17.7 Å². The zero-order chi connectivity index (χ0) is 14.6. The van der Waals surface area contributed by atoms with Gasteiger partial charge in [0.1, 0.15) is 17.5 Å². The highest BCUT2D eigenvalue weighted by Gasteiger charge is 2.18. The largest absolute Gasteiger partial charge is 0.369 e.